The van der Waals surface area contributed by atoms with Crippen molar-refractivity contribution in [2.24, 2.45) is 0 Å². The van der Waals surface area contributed by atoms with Crippen LogP contribution in [-0.2, 0) is 29.0 Å². The van der Waals surface area contributed by atoms with E-state index < -0.39 is 29.8 Å². The van der Waals surface area contributed by atoms with E-state index in [2.05, 4.69) is 36.6 Å². The Morgan fingerprint density at radius 3 is 2.45 bits per heavy atom. The first-order chi connectivity index (χ1) is 18.7. The topological polar surface area (TPSA) is 84.9 Å². The molecule has 0 radical (unpaired) electrons. The molecule has 0 saturated carbocycles. The maximum absolute atomic E-state index is 13.8. The molecule has 2 amide bonds. The summed E-state index contributed by atoms with van der Waals surface area (Å²) in [6, 6.07) is 10.1. The average molecular weight is 581 g/mol. The third-order valence-electron chi connectivity index (χ3n) is 7.27. The van der Waals surface area contributed by atoms with Crippen molar-refractivity contribution >= 4 is 24.2 Å². The van der Waals surface area contributed by atoms with Crippen molar-refractivity contribution < 1.29 is 23.5 Å². The second-order valence-electron chi connectivity index (χ2n) is 10.4. The minimum absolute atomic E-state index is 0. The molecule has 0 bridgehead atoms. The van der Waals surface area contributed by atoms with Gasteiger partial charge in [0, 0.05) is 38.8 Å². The Labute approximate surface area is 242 Å². The monoisotopic (exact) mass is 580 g/mol. The highest BCUT2D eigenvalue weighted by atomic mass is 35.5. The predicted octanol–water partition coefficient (Wildman–Crippen LogP) is 3.46. The number of aliphatic hydroxyl groups is 1. The fraction of sp³-hybridized carbons (Fsp3) is 0.533. The Kier molecular flexibility index (Phi) is 14.0. The Balaban J connectivity index is 0.00000560. The van der Waals surface area contributed by atoms with E-state index in [-0.39, 0.29) is 43.7 Å². The van der Waals surface area contributed by atoms with E-state index in [1.165, 1.54) is 17.7 Å². The second-order valence-corrected chi connectivity index (χ2v) is 10.4. The zero-order valence-electron chi connectivity index (χ0n) is 23.7. The number of hydrogen-bond donors (Lipinski definition) is 3. The Morgan fingerprint density at radius 1 is 1.07 bits per heavy atom. The third-order valence-corrected chi connectivity index (χ3v) is 7.27. The molecule has 3 N–H and O–H groups in total. The van der Waals surface area contributed by atoms with Crippen LogP contribution in [0.2, 0.25) is 0 Å². The van der Waals surface area contributed by atoms with Crippen molar-refractivity contribution in [2.45, 2.75) is 71.2 Å². The summed E-state index contributed by atoms with van der Waals surface area (Å²) in [6.07, 6.45) is 1.90. The van der Waals surface area contributed by atoms with Crippen molar-refractivity contribution in [1.29, 1.82) is 0 Å². The lowest BCUT2D eigenvalue weighted by molar-refractivity contribution is -0.142. The van der Waals surface area contributed by atoms with E-state index in [0.29, 0.717) is 31.7 Å². The number of piperazine rings is 1. The molecule has 0 unspecified atom stereocenters. The van der Waals surface area contributed by atoms with E-state index in [9.17, 15) is 23.5 Å². The number of benzene rings is 2. The van der Waals surface area contributed by atoms with Gasteiger partial charge in [-0.15, -0.1) is 12.4 Å². The van der Waals surface area contributed by atoms with Crippen LogP contribution < -0.4 is 10.6 Å². The fourth-order valence-corrected chi connectivity index (χ4v) is 4.93. The summed E-state index contributed by atoms with van der Waals surface area (Å²) in [5.74, 6) is -1.78. The Morgan fingerprint density at radius 2 is 1.77 bits per heavy atom. The van der Waals surface area contributed by atoms with Gasteiger partial charge in [-0.3, -0.25) is 14.5 Å². The quantitative estimate of drug-likeness (QED) is 0.319. The van der Waals surface area contributed by atoms with Crippen molar-refractivity contribution in [3.63, 3.8) is 0 Å². The summed E-state index contributed by atoms with van der Waals surface area (Å²) < 4.78 is 27.7. The van der Waals surface area contributed by atoms with Gasteiger partial charge in [-0.2, -0.15) is 0 Å². The minimum Gasteiger partial charge on any atom is -0.390 e. The van der Waals surface area contributed by atoms with Crippen LogP contribution in [-0.4, -0.2) is 77.6 Å². The number of amides is 2. The molecule has 1 fully saturated rings. The molecule has 40 heavy (non-hydrogen) atoms. The molecular formula is C30H43ClF2N4O3. The number of halogens is 3. The van der Waals surface area contributed by atoms with Gasteiger partial charge < -0.3 is 20.6 Å². The Bertz CT molecular complexity index is 1090. The van der Waals surface area contributed by atoms with Crippen molar-refractivity contribution in [3.05, 3.63) is 70.8 Å². The van der Waals surface area contributed by atoms with Gasteiger partial charge in [0.15, 0.2) is 0 Å². The molecule has 0 aliphatic carbocycles. The van der Waals surface area contributed by atoms with Crippen LogP contribution in [0, 0.1) is 11.6 Å². The number of unbranched alkanes of at least 4 members (excludes halogenated alkanes) is 1. The third kappa shape index (κ3) is 10.1. The highest BCUT2D eigenvalue weighted by molar-refractivity contribution is 5.85. The second kappa shape index (κ2) is 16.6. The van der Waals surface area contributed by atoms with E-state index >= 15 is 0 Å². The highest BCUT2D eigenvalue weighted by Crippen LogP contribution is 2.14. The molecule has 7 nitrogen and oxygen atoms in total. The van der Waals surface area contributed by atoms with Crippen LogP contribution in [0.1, 0.15) is 50.3 Å². The maximum Gasteiger partial charge on any atom is 0.239 e. The summed E-state index contributed by atoms with van der Waals surface area (Å²) >= 11 is 0. The minimum atomic E-state index is -1.01. The van der Waals surface area contributed by atoms with E-state index in [1.54, 1.807) is 6.92 Å². The zero-order valence-corrected chi connectivity index (χ0v) is 24.5. The molecule has 2 aromatic rings. The van der Waals surface area contributed by atoms with Crippen LogP contribution in [0.3, 0.4) is 0 Å². The summed E-state index contributed by atoms with van der Waals surface area (Å²) in [4.78, 5) is 29.5. The molecular weight excluding hydrogens is 538 g/mol. The summed E-state index contributed by atoms with van der Waals surface area (Å²) in [5, 5.41) is 17.1. The largest absolute Gasteiger partial charge is 0.390 e. The van der Waals surface area contributed by atoms with E-state index in [0.717, 1.165) is 30.9 Å². The van der Waals surface area contributed by atoms with Crippen LogP contribution in [0.25, 0.3) is 0 Å². The van der Waals surface area contributed by atoms with Gasteiger partial charge in [-0.1, -0.05) is 44.5 Å². The number of aliphatic hydroxyl groups excluding tert-OH is 1. The number of nitrogens with one attached hydrogen (secondary N) is 2. The lowest BCUT2D eigenvalue weighted by atomic mass is 10.00. The molecule has 1 aliphatic heterocycles. The molecule has 222 valence electrons. The van der Waals surface area contributed by atoms with Crippen LogP contribution in [0.4, 0.5) is 8.78 Å². The zero-order chi connectivity index (χ0) is 28.4. The highest BCUT2D eigenvalue weighted by Gasteiger charge is 2.32. The molecule has 1 heterocycles. The van der Waals surface area contributed by atoms with Gasteiger partial charge in [-0.25, -0.2) is 8.78 Å². The summed E-state index contributed by atoms with van der Waals surface area (Å²) in [5.41, 5.74) is 2.62. The average Bonchev–Trinajstić information content (AvgIpc) is 2.90. The van der Waals surface area contributed by atoms with E-state index in [4.69, 9.17) is 0 Å². The van der Waals surface area contributed by atoms with Gasteiger partial charge in [0.1, 0.15) is 11.6 Å². The first-order valence-electron chi connectivity index (χ1n) is 13.9. The van der Waals surface area contributed by atoms with E-state index in [1.807, 2.05) is 21.9 Å². The number of aryl methyl sites for hydroxylation is 1. The molecule has 10 heteroatoms. The van der Waals surface area contributed by atoms with Gasteiger partial charge in [0.2, 0.25) is 11.8 Å². The lowest BCUT2D eigenvalue weighted by Crippen LogP contribution is -2.59. The van der Waals surface area contributed by atoms with Gasteiger partial charge in [0.05, 0.1) is 24.7 Å². The molecule has 2 aromatic carbocycles. The van der Waals surface area contributed by atoms with Gasteiger partial charge in [-0.05, 0) is 55.0 Å². The van der Waals surface area contributed by atoms with Gasteiger partial charge >= 0.3 is 0 Å². The first-order valence-corrected chi connectivity index (χ1v) is 13.9. The smallest absolute Gasteiger partial charge is 0.239 e. The Hall–Kier alpha value is -2.59. The molecule has 0 spiro atoms. The molecule has 3 atom stereocenters. The van der Waals surface area contributed by atoms with Crippen LogP contribution in [0.5, 0.6) is 0 Å². The van der Waals surface area contributed by atoms with Crippen molar-refractivity contribution in [3.8, 4) is 0 Å². The summed E-state index contributed by atoms with van der Waals surface area (Å²) in [7, 11) is 0. The summed E-state index contributed by atoms with van der Waals surface area (Å²) in [6.45, 7) is 8.51. The first kappa shape index (κ1) is 33.6. The number of carbonyl (C=O) groups excluding carboxylic acids is 2. The predicted molar refractivity (Wildman–Crippen MR) is 155 cm³/mol. The SMILES string of the molecule is CCCCN1CCN(CC(=O)N[C@@H](Cc2cc(F)cc(F)c2)[C@@H](O)CNCc2cccc(CC)c2)[C@@H](C)C1=O.Cl. The fourth-order valence-electron chi connectivity index (χ4n) is 4.93. The van der Waals surface area contributed by atoms with Crippen LogP contribution in [0.15, 0.2) is 42.5 Å². The van der Waals surface area contributed by atoms with Crippen LogP contribution >= 0.6 is 12.4 Å². The van der Waals surface area contributed by atoms with Crippen molar-refractivity contribution in [2.75, 3.05) is 32.7 Å². The maximum atomic E-state index is 13.8. The number of nitrogens with zero attached hydrogens (tertiary/aromatic N) is 2. The molecule has 1 saturated heterocycles. The van der Waals surface area contributed by atoms with Gasteiger partial charge in [0.25, 0.3) is 0 Å². The van der Waals surface area contributed by atoms with Crippen molar-refractivity contribution in [1.82, 2.24) is 20.4 Å². The molecule has 0 aromatic heterocycles. The lowest BCUT2D eigenvalue weighted by Gasteiger charge is -2.39. The number of rotatable bonds is 14. The molecule has 1 aliphatic rings. The molecule has 3 rings (SSSR count). The normalized spacial score (nSPS) is 17.3. The number of hydrogen-bond acceptors (Lipinski definition) is 5. The standard InChI is InChI=1S/C30H42F2N4O3.ClH/c1-4-6-10-35-11-12-36(21(3)30(35)39)20-29(38)34-27(16-24-14-25(31)17-26(32)15-24)28(37)19-33-18-23-9-7-8-22(5-2)13-23;/h7-9,13-15,17,21,27-28,33,37H,4-6,10-12,16,18-20H2,1-3H3,(H,34,38);1H/t21-,27-,28-;/m0./s1. The number of carbonyl (C=O) groups is 2.